The van der Waals surface area contributed by atoms with E-state index in [-0.39, 0.29) is 44.7 Å². The third-order valence-electron chi connectivity index (χ3n) is 12.1. The number of ether oxygens (including phenoxy) is 2. The first kappa shape index (κ1) is 43.0. The number of benzene rings is 6. The van der Waals surface area contributed by atoms with Crippen molar-refractivity contribution in [2.24, 2.45) is 0 Å². The SMILES string of the molecule is CC(=O)NCCOc1ccc(Cc2cc3ccccc3s2)cc1[C@@H]1O[C@H](C(O)Cc2ccccc2)[C@](O)(Cc2ccccc2)[C@@](O)(Cc2ccccc2)[C@]1(O)Cc1ccccc1. The van der Waals surface area contributed by atoms with Crippen LogP contribution in [0.3, 0.4) is 0 Å². The summed E-state index contributed by atoms with van der Waals surface area (Å²) in [6.45, 7) is 1.78. The van der Waals surface area contributed by atoms with Crippen LogP contribution in [0, 0.1) is 0 Å². The highest BCUT2D eigenvalue weighted by Gasteiger charge is 2.72. The number of rotatable bonds is 16. The summed E-state index contributed by atoms with van der Waals surface area (Å²) in [5, 5.41) is 58.3. The maximum Gasteiger partial charge on any atom is 0.216 e. The first-order chi connectivity index (χ1) is 30.0. The lowest BCUT2D eigenvalue weighted by molar-refractivity contribution is -0.368. The molecular formula is C53H53NO7S. The number of hydrogen-bond donors (Lipinski definition) is 5. The van der Waals surface area contributed by atoms with E-state index in [4.69, 9.17) is 9.47 Å². The fourth-order valence-corrected chi connectivity index (χ4v) is 10.3. The number of amides is 1. The van der Waals surface area contributed by atoms with Gasteiger partial charge in [-0.3, -0.25) is 4.79 Å². The Balaban J connectivity index is 1.34. The quantitative estimate of drug-likeness (QED) is 0.0625. The van der Waals surface area contributed by atoms with E-state index in [0.717, 1.165) is 21.4 Å². The second-order valence-corrected chi connectivity index (χ2v) is 17.7. The summed E-state index contributed by atoms with van der Waals surface area (Å²) in [5.41, 5.74) is -2.69. The number of nitrogens with one attached hydrogen (secondary N) is 1. The molecule has 1 fully saturated rings. The average molecular weight is 848 g/mol. The number of hydrogen-bond acceptors (Lipinski definition) is 8. The number of aliphatic hydroxyl groups excluding tert-OH is 1. The summed E-state index contributed by atoms with van der Waals surface area (Å²) in [5.74, 6) is 0.179. The molecule has 8 nitrogen and oxygen atoms in total. The minimum absolute atomic E-state index is 0.0971. The van der Waals surface area contributed by atoms with Crippen LogP contribution in [0.15, 0.2) is 170 Å². The third-order valence-corrected chi connectivity index (χ3v) is 13.3. The fourth-order valence-electron chi connectivity index (χ4n) is 9.16. The molecule has 8 rings (SSSR count). The van der Waals surface area contributed by atoms with Gasteiger partial charge in [-0.05, 0) is 57.5 Å². The third kappa shape index (κ3) is 9.10. The Morgan fingerprint density at radius 2 is 1.23 bits per heavy atom. The Kier molecular flexibility index (Phi) is 13.0. The van der Waals surface area contributed by atoms with E-state index in [1.54, 1.807) is 11.3 Å². The predicted molar refractivity (Wildman–Crippen MR) is 244 cm³/mol. The van der Waals surface area contributed by atoms with Gasteiger partial charge in [0.1, 0.15) is 41.4 Å². The van der Waals surface area contributed by atoms with Crippen molar-refractivity contribution in [2.75, 3.05) is 13.2 Å². The molecule has 1 saturated heterocycles. The molecule has 0 bridgehead atoms. The zero-order chi connectivity index (χ0) is 43.2. The van der Waals surface area contributed by atoms with Crippen LogP contribution < -0.4 is 10.1 Å². The van der Waals surface area contributed by atoms with E-state index in [2.05, 4.69) is 23.5 Å². The molecule has 318 valence electrons. The lowest BCUT2D eigenvalue weighted by atomic mass is 9.56. The number of aliphatic hydroxyl groups is 4. The van der Waals surface area contributed by atoms with E-state index in [0.29, 0.717) is 34.4 Å². The Morgan fingerprint density at radius 3 is 1.82 bits per heavy atom. The Morgan fingerprint density at radius 1 is 0.677 bits per heavy atom. The molecule has 7 aromatic rings. The van der Waals surface area contributed by atoms with E-state index in [1.807, 2.05) is 152 Å². The van der Waals surface area contributed by atoms with Gasteiger partial charge in [-0.15, -0.1) is 11.3 Å². The van der Waals surface area contributed by atoms with Gasteiger partial charge in [0, 0.05) is 54.2 Å². The second-order valence-electron chi connectivity index (χ2n) is 16.5. The Bertz CT molecular complexity index is 2520. The number of carbonyl (C=O) groups excluding carboxylic acids is 1. The van der Waals surface area contributed by atoms with Crippen molar-refractivity contribution in [1.82, 2.24) is 5.32 Å². The summed E-state index contributed by atoms with van der Waals surface area (Å²) in [6.07, 6.45) is -3.94. The Hall–Kier alpha value is -5.65. The van der Waals surface area contributed by atoms with E-state index >= 15 is 0 Å². The molecular weight excluding hydrogens is 795 g/mol. The molecule has 0 radical (unpaired) electrons. The normalized spacial score (nSPS) is 22.9. The monoisotopic (exact) mass is 847 g/mol. The van der Waals surface area contributed by atoms with Crippen molar-refractivity contribution in [2.45, 2.75) is 74.1 Å². The molecule has 0 spiro atoms. The van der Waals surface area contributed by atoms with Crippen LogP contribution in [0.4, 0.5) is 0 Å². The maximum absolute atomic E-state index is 14.1. The van der Waals surface area contributed by atoms with E-state index in [9.17, 15) is 25.2 Å². The van der Waals surface area contributed by atoms with Crippen LogP contribution in [0.1, 0.15) is 51.3 Å². The van der Waals surface area contributed by atoms with E-state index < -0.39 is 35.1 Å². The van der Waals surface area contributed by atoms with Gasteiger partial charge in [0.25, 0.3) is 0 Å². The molecule has 1 aliphatic heterocycles. The highest BCUT2D eigenvalue weighted by molar-refractivity contribution is 7.19. The highest BCUT2D eigenvalue weighted by atomic mass is 32.1. The number of fused-ring (bicyclic) bond motifs is 1. The molecule has 0 saturated carbocycles. The maximum atomic E-state index is 14.1. The predicted octanol–water partition coefficient (Wildman–Crippen LogP) is 7.97. The smallest absolute Gasteiger partial charge is 0.216 e. The zero-order valence-electron chi connectivity index (χ0n) is 34.8. The number of thiophene rings is 1. The van der Waals surface area contributed by atoms with Crippen LogP contribution in [0.2, 0.25) is 0 Å². The van der Waals surface area contributed by atoms with Crippen molar-refractivity contribution >= 4 is 27.3 Å². The molecule has 62 heavy (non-hydrogen) atoms. The molecule has 0 aliphatic carbocycles. The summed E-state index contributed by atoms with van der Waals surface area (Å²) in [6, 6.07) is 53.7. The van der Waals surface area contributed by atoms with Gasteiger partial charge in [0.2, 0.25) is 5.91 Å². The fraction of sp³-hybridized carbons (Fsp3) is 0.264. The molecule has 1 aliphatic rings. The first-order valence-electron chi connectivity index (χ1n) is 21.2. The minimum atomic E-state index is -2.38. The number of carbonyl (C=O) groups is 1. The topological polar surface area (TPSA) is 128 Å². The molecule has 6 aromatic carbocycles. The standard InChI is InChI=1S/C53H53NO7S/c1-37(55)54-28-29-60-47-27-26-42(30-44-33-43-24-14-15-25-48(43)62-44)31-45(47)49-51(57,34-39-18-8-3-9-19-39)53(59,36-41-22-12-5-13-23-41)52(58,35-40-20-10-4-11-21-40)50(61-49)46(56)32-38-16-6-2-7-17-38/h2-27,31,33,46,49-50,56-59H,28-30,32,34-36H2,1H3,(H,54,55)/t46?,49-,50+,51-,52+,53+/m0/s1. The lowest BCUT2D eigenvalue weighted by Crippen LogP contribution is -2.81. The van der Waals surface area contributed by atoms with Crippen LogP contribution in [-0.2, 0) is 41.6 Å². The van der Waals surface area contributed by atoms with Crippen molar-refractivity contribution in [1.29, 1.82) is 0 Å². The largest absolute Gasteiger partial charge is 0.491 e. The van der Waals surface area contributed by atoms with Crippen LogP contribution in [-0.4, -0.2) is 68.5 Å². The van der Waals surface area contributed by atoms with Gasteiger partial charge in [0.05, 0.1) is 12.6 Å². The van der Waals surface area contributed by atoms with Gasteiger partial charge in [-0.25, -0.2) is 0 Å². The van der Waals surface area contributed by atoms with Crippen molar-refractivity contribution in [3.63, 3.8) is 0 Å². The second kappa shape index (κ2) is 18.8. The van der Waals surface area contributed by atoms with Crippen LogP contribution in [0.25, 0.3) is 10.1 Å². The highest BCUT2D eigenvalue weighted by Crippen LogP contribution is 2.56. The first-order valence-corrected chi connectivity index (χ1v) is 22.0. The average Bonchev–Trinajstić information content (AvgIpc) is 3.69. The van der Waals surface area contributed by atoms with Crippen LogP contribution in [0.5, 0.6) is 5.75 Å². The summed E-state index contributed by atoms with van der Waals surface area (Å²) in [7, 11) is 0. The van der Waals surface area contributed by atoms with Gasteiger partial charge in [0.15, 0.2) is 0 Å². The van der Waals surface area contributed by atoms with Crippen molar-refractivity contribution < 1.29 is 34.7 Å². The van der Waals surface area contributed by atoms with Crippen molar-refractivity contribution in [3.05, 3.63) is 208 Å². The van der Waals surface area contributed by atoms with Gasteiger partial charge in [-0.2, -0.15) is 0 Å². The minimum Gasteiger partial charge on any atom is -0.491 e. The molecule has 1 aromatic heterocycles. The van der Waals surface area contributed by atoms with Gasteiger partial charge in [-0.1, -0.05) is 146 Å². The molecule has 9 heteroatoms. The zero-order valence-corrected chi connectivity index (χ0v) is 35.6. The van der Waals surface area contributed by atoms with Gasteiger partial charge >= 0.3 is 0 Å². The lowest BCUT2D eigenvalue weighted by Gasteiger charge is -2.62. The molecule has 6 atom stereocenters. The molecule has 2 heterocycles. The summed E-state index contributed by atoms with van der Waals surface area (Å²) >= 11 is 1.71. The van der Waals surface area contributed by atoms with E-state index in [1.165, 1.54) is 11.6 Å². The Labute approximate surface area is 367 Å². The van der Waals surface area contributed by atoms with Crippen LogP contribution >= 0.6 is 11.3 Å². The van der Waals surface area contributed by atoms with Crippen molar-refractivity contribution in [3.8, 4) is 5.75 Å². The molecule has 1 amide bonds. The summed E-state index contributed by atoms with van der Waals surface area (Å²) in [4.78, 5) is 13.0. The van der Waals surface area contributed by atoms with Gasteiger partial charge < -0.3 is 35.2 Å². The molecule has 5 N–H and O–H groups in total. The molecule has 1 unspecified atom stereocenters. The summed E-state index contributed by atoms with van der Waals surface area (Å²) < 4.78 is 14.8.